The van der Waals surface area contributed by atoms with Crippen LogP contribution in [-0.2, 0) is 6.42 Å². The second kappa shape index (κ2) is 13.1. The van der Waals surface area contributed by atoms with Gasteiger partial charge < -0.3 is 0 Å². The third-order valence-electron chi connectivity index (χ3n) is 9.89. The summed E-state index contributed by atoms with van der Waals surface area (Å²) in [7, 11) is 0. The summed E-state index contributed by atoms with van der Waals surface area (Å²) in [4.78, 5) is 14.9. The first-order chi connectivity index (χ1) is 26.2. The van der Waals surface area contributed by atoms with Gasteiger partial charge in [0.25, 0.3) is 0 Å². The second-order valence-corrected chi connectivity index (χ2v) is 15.3. The first-order valence-electron chi connectivity index (χ1n) is 17.7. The van der Waals surface area contributed by atoms with Crippen LogP contribution >= 0.6 is 22.7 Å². The minimum atomic E-state index is 0.651. The van der Waals surface area contributed by atoms with E-state index >= 15 is 0 Å². The van der Waals surface area contributed by atoms with Gasteiger partial charge in [0.1, 0.15) is 0 Å². The lowest BCUT2D eigenvalue weighted by molar-refractivity contribution is 1.07. The highest BCUT2D eigenvalue weighted by Crippen LogP contribution is 2.47. The van der Waals surface area contributed by atoms with Crippen molar-refractivity contribution in [1.29, 1.82) is 0 Å². The number of nitrogens with zero attached hydrogens (tertiary/aromatic N) is 3. The summed E-state index contributed by atoms with van der Waals surface area (Å²) in [5, 5.41) is 5.18. The van der Waals surface area contributed by atoms with Crippen LogP contribution in [0.4, 0.5) is 0 Å². The Morgan fingerprint density at radius 3 is 1.53 bits per heavy atom. The monoisotopic (exact) mass is 713 g/mol. The Bertz CT molecular complexity index is 2940. The molecule has 10 rings (SSSR count). The van der Waals surface area contributed by atoms with Gasteiger partial charge >= 0.3 is 0 Å². The van der Waals surface area contributed by atoms with E-state index in [9.17, 15) is 0 Å². The number of rotatable bonds is 7. The molecule has 53 heavy (non-hydrogen) atoms. The molecule has 7 aromatic carbocycles. The van der Waals surface area contributed by atoms with Gasteiger partial charge in [-0.1, -0.05) is 146 Å². The van der Waals surface area contributed by atoms with Crippen LogP contribution in [0, 0.1) is 0 Å². The van der Waals surface area contributed by atoms with Gasteiger partial charge in [0.05, 0.1) is 0 Å². The van der Waals surface area contributed by atoms with Gasteiger partial charge in [-0.05, 0) is 41.3 Å². The lowest BCUT2D eigenvalue weighted by Crippen LogP contribution is -2.00. The first kappa shape index (κ1) is 31.5. The van der Waals surface area contributed by atoms with E-state index in [4.69, 9.17) is 15.0 Å². The Labute approximate surface area is 315 Å². The highest BCUT2D eigenvalue weighted by Gasteiger charge is 2.18. The van der Waals surface area contributed by atoms with Crippen molar-refractivity contribution >= 4 is 63.0 Å². The average molecular weight is 714 g/mol. The van der Waals surface area contributed by atoms with Gasteiger partial charge in [-0.2, -0.15) is 0 Å². The van der Waals surface area contributed by atoms with Crippen molar-refractivity contribution in [1.82, 2.24) is 15.0 Å². The smallest absolute Gasteiger partial charge is 0.164 e. The number of aromatic nitrogens is 3. The standard InChI is InChI=1S/C48H31N3S2/c1-2-13-30-26-27-42-41(28-30)40-25-12-22-37(44(40)52-42)39-24-11-23-38-36-21-10-20-35(43(36)53-45(38)39)33-18-9-19-34(29-33)48-50-46(31-14-5-3-6-15-31)49-47(51-48)32-16-7-4-8-17-32/h2-12,14-29H,1,13H2. The highest BCUT2D eigenvalue weighted by molar-refractivity contribution is 7.27. The van der Waals surface area contributed by atoms with Gasteiger partial charge in [0, 0.05) is 68.2 Å². The first-order valence-corrected chi connectivity index (χ1v) is 19.3. The van der Waals surface area contributed by atoms with Crippen LogP contribution in [0.5, 0.6) is 0 Å². The Hall–Kier alpha value is -6.27. The third kappa shape index (κ3) is 5.53. The van der Waals surface area contributed by atoms with Crippen LogP contribution in [0.1, 0.15) is 5.56 Å². The molecule has 0 fully saturated rings. The molecule has 0 aliphatic carbocycles. The zero-order valence-electron chi connectivity index (χ0n) is 28.7. The molecule has 0 unspecified atom stereocenters. The summed E-state index contributed by atoms with van der Waals surface area (Å²) in [6.45, 7) is 3.95. The lowest BCUT2D eigenvalue weighted by Gasteiger charge is -2.10. The molecule has 0 amide bonds. The van der Waals surface area contributed by atoms with E-state index in [1.165, 1.54) is 62.6 Å². The van der Waals surface area contributed by atoms with Crippen molar-refractivity contribution < 1.29 is 0 Å². The predicted molar refractivity (Wildman–Crippen MR) is 227 cm³/mol. The third-order valence-corrected chi connectivity index (χ3v) is 12.4. The van der Waals surface area contributed by atoms with Gasteiger partial charge in [0.2, 0.25) is 0 Å². The topological polar surface area (TPSA) is 38.7 Å². The molecule has 0 saturated heterocycles. The summed E-state index contributed by atoms with van der Waals surface area (Å²) in [6, 6.07) is 55.9. The number of hydrogen-bond donors (Lipinski definition) is 0. The summed E-state index contributed by atoms with van der Waals surface area (Å²) in [5.41, 5.74) is 9.05. The minimum absolute atomic E-state index is 0.651. The van der Waals surface area contributed by atoms with Crippen LogP contribution < -0.4 is 0 Å². The van der Waals surface area contributed by atoms with Crippen LogP contribution in [-0.4, -0.2) is 15.0 Å². The van der Waals surface area contributed by atoms with E-state index in [0.717, 1.165) is 28.7 Å². The summed E-state index contributed by atoms with van der Waals surface area (Å²) in [6.07, 6.45) is 2.85. The quantitative estimate of drug-likeness (QED) is 0.154. The van der Waals surface area contributed by atoms with Crippen molar-refractivity contribution in [2.75, 3.05) is 0 Å². The van der Waals surface area contributed by atoms with Crippen LogP contribution in [0.3, 0.4) is 0 Å². The minimum Gasteiger partial charge on any atom is -0.208 e. The SMILES string of the molecule is C=CCc1ccc2sc3c(-c4cccc5c4sc4c(-c6cccc(-c7nc(-c8ccccc8)nc(-c8ccccc8)n7)c6)cccc45)cccc3c2c1. The number of hydrogen-bond acceptors (Lipinski definition) is 5. The van der Waals surface area contributed by atoms with Gasteiger partial charge in [0.15, 0.2) is 17.5 Å². The molecule has 0 N–H and O–H groups in total. The molecule has 0 aliphatic heterocycles. The maximum absolute atomic E-state index is 5.01. The lowest BCUT2D eigenvalue weighted by atomic mass is 9.98. The second-order valence-electron chi connectivity index (χ2n) is 13.2. The Morgan fingerprint density at radius 2 is 0.906 bits per heavy atom. The van der Waals surface area contributed by atoms with Crippen molar-refractivity contribution in [3.8, 4) is 56.4 Å². The Kier molecular flexibility index (Phi) is 7.75. The zero-order valence-corrected chi connectivity index (χ0v) is 30.3. The Morgan fingerprint density at radius 1 is 0.415 bits per heavy atom. The zero-order chi connectivity index (χ0) is 35.3. The van der Waals surface area contributed by atoms with Crippen LogP contribution in [0.2, 0.25) is 0 Å². The molecule has 10 aromatic rings. The van der Waals surface area contributed by atoms with E-state index in [0.29, 0.717) is 17.5 Å². The van der Waals surface area contributed by atoms with E-state index < -0.39 is 0 Å². The predicted octanol–water partition coefficient (Wildman–Crippen LogP) is 13.7. The summed E-state index contributed by atoms with van der Waals surface area (Å²) >= 11 is 3.77. The Balaban J connectivity index is 1.11. The maximum atomic E-state index is 5.01. The fourth-order valence-corrected chi connectivity index (χ4v) is 9.95. The number of allylic oxidation sites excluding steroid dienone is 1. The number of thiophene rings is 2. The molecule has 0 aliphatic rings. The molecule has 0 bridgehead atoms. The van der Waals surface area contributed by atoms with Crippen molar-refractivity contribution in [3.05, 3.63) is 176 Å². The van der Waals surface area contributed by atoms with Crippen molar-refractivity contribution in [2.45, 2.75) is 6.42 Å². The maximum Gasteiger partial charge on any atom is 0.164 e. The molecular weight excluding hydrogens is 683 g/mol. The molecule has 3 nitrogen and oxygen atoms in total. The van der Waals surface area contributed by atoms with Gasteiger partial charge in [-0.25, -0.2) is 15.0 Å². The normalized spacial score (nSPS) is 11.5. The summed E-state index contributed by atoms with van der Waals surface area (Å²) in [5.74, 6) is 1.97. The van der Waals surface area contributed by atoms with Crippen molar-refractivity contribution in [2.24, 2.45) is 0 Å². The molecule has 0 radical (unpaired) electrons. The van der Waals surface area contributed by atoms with Crippen LogP contribution in [0.25, 0.3) is 96.8 Å². The van der Waals surface area contributed by atoms with Gasteiger partial charge in [-0.3, -0.25) is 0 Å². The average Bonchev–Trinajstić information content (AvgIpc) is 3.80. The van der Waals surface area contributed by atoms with Crippen molar-refractivity contribution in [3.63, 3.8) is 0 Å². The van der Waals surface area contributed by atoms with E-state index in [1.807, 2.05) is 89.4 Å². The molecular formula is C48H31N3S2. The van der Waals surface area contributed by atoms with E-state index in [1.54, 1.807) is 0 Å². The molecule has 0 atom stereocenters. The summed E-state index contributed by atoms with van der Waals surface area (Å²) < 4.78 is 5.23. The molecule has 3 heterocycles. The fraction of sp³-hybridized carbons (Fsp3) is 0.0208. The number of benzene rings is 7. The largest absolute Gasteiger partial charge is 0.208 e. The van der Waals surface area contributed by atoms with Gasteiger partial charge in [-0.15, -0.1) is 29.3 Å². The van der Waals surface area contributed by atoms with E-state index in [-0.39, 0.29) is 0 Å². The molecule has 0 saturated carbocycles. The molecule has 5 heteroatoms. The van der Waals surface area contributed by atoms with Crippen LogP contribution in [0.15, 0.2) is 170 Å². The molecule has 3 aromatic heterocycles. The highest BCUT2D eigenvalue weighted by atomic mass is 32.1. The van der Waals surface area contributed by atoms with E-state index in [2.05, 4.69) is 104 Å². The molecule has 0 spiro atoms. The number of fused-ring (bicyclic) bond motifs is 6. The fourth-order valence-electron chi connectivity index (χ4n) is 7.37. The molecule has 250 valence electrons.